The third-order valence-corrected chi connectivity index (χ3v) is 3.23. The average molecular weight is 303 g/mol. The molecule has 1 N–H and O–H groups in total. The number of ether oxygens (including phenoxy) is 2. The number of aromatic nitrogens is 2. The lowest BCUT2D eigenvalue weighted by atomic mass is 10.1. The predicted octanol–water partition coefficient (Wildman–Crippen LogP) is 2.17. The first-order chi connectivity index (χ1) is 10.6. The summed E-state index contributed by atoms with van der Waals surface area (Å²) in [6.07, 6.45) is 3.40. The van der Waals surface area contributed by atoms with Crippen molar-refractivity contribution < 1.29 is 14.3 Å². The number of carbonyl (C=O) groups excluding carboxylic acids is 1. The van der Waals surface area contributed by atoms with E-state index in [1.165, 1.54) is 0 Å². The van der Waals surface area contributed by atoms with E-state index in [0.29, 0.717) is 18.1 Å². The van der Waals surface area contributed by atoms with Crippen molar-refractivity contribution in [3.63, 3.8) is 0 Å². The molecule has 0 fully saturated rings. The summed E-state index contributed by atoms with van der Waals surface area (Å²) in [4.78, 5) is 12.0. The summed E-state index contributed by atoms with van der Waals surface area (Å²) < 4.78 is 12.4. The fourth-order valence-corrected chi connectivity index (χ4v) is 2.14. The number of hydrogen-bond donors (Lipinski definition) is 1. The largest absolute Gasteiger partial charge is 0.493 e. The Kier molecular flexibility index (Phi) is 5.41. The maximum atomic E-state index is 12.0. The summed E-state index contributed by atoms with van der Waals surface area (Å²) in [7, 11) is 1.60. The quantitative estimate of drug-likeness (QED) is 0.851. The van der Waals surface area contributed by atoms with E-state index in [4.69, 9.17) is 9.47 Å². The van der Waals surface area contributed by atoms with Gasteiger partial charge in [0.25, 0.3) is 0 Å². The van der Waals surface area contributed by atoms with E-state index in [9.17, 15) is 4.79 Å². The number of rotatable bonds is 7. The van der Waals surface area contributed by atoms with Crippen LogP contribution in [0.2, 0.25) is 0 Å². The molecule has 0 saturated carbocycles. The molecule has 1 aromatic heterocycles. The minimum atomic E-state index is -0.132. The number of hydrogen-bond acceptors (Lipinski definition) is 4. The first-order valence-electron chi connectivity index (χ1n) is 7.21. The van der Waals surface area contributed by atoms with Crippen LogP contribution in [0.5, 0.6) is 11.5 Å². The van der Waals surface area contributed by atoms with Crippen molar-refractivity contribution >= 4 is 5.91 Å². The monoisotopic (exact) mass is 303 g/mol. The summed E-state index contributed by atoms with van der Waals surface area (Å²) in [6.45, 7) is 4.62. The molecule has 0 bridgehead atoms. The van der Waals surface area contributed by atoms with Gasteiger partial charge in [-0.15, -0.1) is 0 Å². The molecule has 2 rings (SSSR count). The van der Waals surface area contributed by atoms with E-state index in [1.807, 2.05) is 32.0 Å². The molecule has 1 atom stereocenters. The van der Waals surface area contributed by atoms with Crippen molar-refractivity contribution in [2.24, 2.45) is 0 Å². The van der Waals surface area contributed by atoms with Gasteiger partial charge in [-0.05, 0) is 37.6 Å². The molecule has 0 aliphatic carbocycles. The lowest BCUT2D eigenvalue weighted by Crippen LogP contribution is -2.30. The van der Waals surface area contributed by atoms with Gasteiger partial charge in [-0.1, -0.05) is 6.07 Å². The van der Waals surface area contributed by atoms with Crippen LogP contribution in [0.1, 0.15) is 25.5 Å². The molecule has 0 aliphatic heterocycles. The maximum Gasteiger partial charge on any atom is 0.242 e. The van der Waals surface area contributed by atoms with Crippen molar-refractivity contribution in [3.8, 4) is 11.5 Å². The molecule has 2 aromatic rings. The topological polar surface area (TPSA) is 65.4 Å². The third-order valence-electron chi connectivity index (χ3n) is 3.23. The Balaban J connectivity index is 2.02. The van der Waals surface area contributed by atoms with Gasteiger partial charge in [-0.25, -0.2) is 0 Å². The fourth-order valence-electron chi connectivity index (χ4n) is 2.14. The average Bonchev–Trinajstić information content (AvgIpc) is 3.00. The molecular weight excluding hydrogens is 282 g/mol. The van der Waals surface area contributed by atoms with E-state index in [2.05, 4.69) is 10.4 Å². The molecule has 0 saturated heterocycles. The van der Waals surface area contributed by atoms with Crippen molar-refractivity contribution in [1.82, 2.24) is 15.1 Å². The van der Waals surface area contributed by atoms with Gasteiger partial charge in [-0.3, -0.25) is 9.48 Å². The predicted molar refractivity (Wildman–Crippen MR) is 82.9 cm³/mol. The van der Waals surface area contributed by atoms with Crippen molar-refractivity contribution in [3.05, 3.63) is 42.2 Å². The number of nitrogens with one attached hydrogen (secondary N) is 1. The van der Waals surface area contributed by atoms with Gasteiger partial charge in [-0.2, -0.15) is 5.10 Å². The van der Waals surface area contributed by atoms with Crippen LogP contribution in [0, 0.1) is 0 Å². The van der Waals surface area contributed by atoms with Gasteiger partial charge in [0.2, 0.25) is 5.91 Å². The second kappa shape index (κ2) is 7.49. The maximum absolute atomic E-state index is 12.0. The highest BCUT2D eigenvalue weighted by Gasteiger charge is 2.13. The van der Waals surface area contributed by atoms with Crippen LogP contribution in [0.25, 0.3) is 0 Å². The molecule has 0 aliphatic rings. The molecule has 0 spiro atoms. The van der Waals surface area contributed by atoms with Crippen molar-refractivity contribution in [2.45, 2.75) is 26.4 Å². The summed E-state index contributed by atoms with van der Waals surface area (Å²) in [5.41, 5.74) is 0.953. The summed E-state index contributed by atoms with van der Waals surface area (Å²) >= 11 is 0. The second-order valence-electron chi connectivity index (χ2n) is 4.84. The Morgan fingerprint density at radius 1 is 1.41 bits per heavy atom. The number of amides is 1. The Morgan fingerprint density at radius 3 is 2.86 bits per heavy atom. The summed E-state index contributed by atoms with van der Waals surface area (Å²) in [5, 5.41) is 6.96. The number of nitrogens with zero attached hydrogens (tertiary/aromatic N) is 2. The van der Waals surface area contributed by atoms with E-state index >= 15 is 0 Å². The molecule has 0 radical (unpaired) electrons. The van der Waals surface area contributed by atoms with Crippen LogP contribution in [-0.2, 0) is 11.3 Å². The summed E-state index contributed by atoms with van der Waals surface area (Å²) in [6, 6.07) is 7.31. The number of carbonyl (C=O) groups is 1. The minimum absolute atomic E-state index is 0.0935. The first kappa shape index (κ1) is 15.9. The Labute approximate surface area is 130 Å². The van der Waals surface area contributed by atoms with Gasteiger partial charge in [0.15, 0.2) is 11.5 Å². The van der Waals surface area contributed by atoms with Gasteiger partial charge in [0.1, 0.15) is 6.54 Å². The van der Waals surface area contributed by atoms with E-state index < -0.39 is 0 Å². The third kappa shape index (κ3) is 4.00. The van der Waals surface area contributed by atoms with Crippen molar-refractivity contribution in [1.29, 1.82) is 0 Å². The van der Waals surface area contributed by atoms with Gasteiger partial charge in [0, 0.05) is 12.4 Å². The van der Waals surface area contributed by atoms with Crippen LogP contribution >= 0.6 is 0 Å². The molecule has 0 unspecified atom stereocenters. The molecule has 1 aromatic carbocycles. The Bertz CT molecular complexity index is 611. The fraction of sp³-hybridized carbons (Fsp3) is 0.375. The van der Waals surface area contributed by atoms with E-state index in [-0.39, 0.29) is 18.5 Å². The highest BCUT2D eigenvalue weighted by molar-refractivity contribution is 5.76. The highest BCUT2D eigenvalue weighted by atomic mass is 16.5. The molecular formula is C16H21N3O3. The lowest BCUT2D eigenvalue weighted by Gasteiger charge is -2.17. The number of benzene rings is 1. The highest BCUT2D eigenvalue weighted by Crippen LogP contribution is 2.30. The zero-order valence-electron chi connectivity index (χ0n) is 13.1. The Hall–Kier alpha value is -2.50. The van der Waals surface area contributed by atoms with E-state index in [0.717, 1.165) is 5.56 Å². The van der Waals surface area contributed by atoms with Gasteiger partial charge in [0.05, 0.1) is 19.8 Å². The first-order valence-corrected chi connectivity index (χ1v) is 7.21. The Morgan fingerprint density at radius 2 is 2.23 bits per heavy atom. The normalized spacial score (nSPS) is 11.8. The van der Waals surface area contributed by atoms with Crippen LogP contribution < -0.4 is 14.8 Å². The molecule has 22 heavy (non-hydrogen) atoms. The standard InChI is InChI=1S/C16H21N3O3/c1-4-22-14-7-6-13(10-15(14)21-3)12(2)18-16(20)11-19-9-5-8-17-19/h5-10,12H,4,11H2,1-3H3,(H,18,20)/t12-/m0/s1. The van der Waals surface area contributed by atoms with Crippen LogP contribution in [0.4, 0.5) is 0 Å². The van der Waals surface area contributed by atoms with Crippen molar-refractivity contribution in [2.75, 3.05) is 13.7 Å². The summed E-state index contributed by atoms with van der Waals surface area (Å²) in [5.74, 6) is 1.26. The number of methoxy groups -OCH3 is 1. The zero-order chi connectivity index (χ0) is 15.9. The van der Waals surface area contributed by atoms with Gasteiger partial charge >= 0.3 is 0 Å². The second-order valence-corrected chi connectivity index (χ2v) is 4.84. The molecule has 1 amide bonds. The van der Waals surface area contributed by atoms with Crippen LogP contribution in [0.3, 0.4) is 0 Å². The minimum Gasteiger partial charge on any atom is -0.493 e. The SMILES string of the molecule is CCOc1ccc([C@H](C)NC(=O)Cn2cccn2)cc1OC. The lowest BCUT2D eigenvalue weighted by molar-refractivity contribution is -0.122. The van der Waals surface area contributed by atoms with Crippen LogP contribution in [-0.4, -0.2) is 29.4 Å². The zero-order valence-corrected chi connectivity index (χ0v) is 13.1. The van der Waals surface area contributed by atoms with E-state index in [1.54, 1.807) is 30.3 Å². The smallest absolute Gasteiger partial charge is 0.242 e. The molecule has 1 heterocycles. The molecule has 118 valence electrons. The van der Waals surface area contributed by atoms with Gasteiger partial charge < -0.3 is 14.8 Å². The molecule has 6 heteroatoms. The van der Waals surface area contributed by atoms with Crippen LogP contribution in [0.15, 0.2) is 36.7 Å². The molecule has 6 nitrogen and oxygen atoms in total.